The third-order valence-corrected chi connectivity index (χ3v) is 10.3. The molecule has 9 nitrogen and oxygen atoms in total. The van der Waals surface area contributed by atoms with Crippen molar-refractivity contribution >= 4 is 28.9 Å². The van der Waals surface area contributed by atoms with Crippen LogP contribution in [0.5, 0.6) is 5.75 Å². The Labute approximate surface area is 250 Å². The zero-order valence-electron chi connectivity index (χ0n) is 24.4. The van der Waals surface area contributed by atoms with Crippen LogP contribution >= 0.6 is 0 Å². The van der Waals surface area contributed by atoms with Crippen molar-refractivity contribution in [1.82, 2.24) is 15.2 Å². The molecule has 226 valence electrons. The summed E-state index contributed by atoms with van der Waals surface area (Å²) < 4.78 is 12.2. The lowest BCUT2D eigenvalue weighted by Gasteiger charge is -2.53. The van der Waals surface area contributed by atoms with E-state index in [1.807, 2.05) is 60.8 Å². The van der Waals surface area contributed by atoms with Crippen LogP contribution in [0.15, 0.2) is 60.8 Å². The lowest BCUT2D eigenvalue weighted by atomic mass is 9.55. The van der Waals surface area contributed by atoms with Crippen molar-refractivity contribution in [3.63, 3.8) is 0 Å². The summed E-state index contributed by atoms with van der Waals surface area (Å²) >= 11 is 0. The maximum absolute atomic E-state index is 14.4. The van der Waals surface area contributed by atoms with Crippen LogP contribution in [0.3, 0.4) is 0 Å². The van der Waals surface area contributed by atoms with E-state index >= 15 is 0 Å². The van der Waals surface area contributed by atoms with Gasteiger partial charge < -0.3 is 29.8 Å². The van der Waals surface area contributed by atoms with Gasteiger partial charge in [0.05, 0.1) is 6.54 Å². The van der Waals surface area contributed by atoms with Crippen molar-refractivity contribution in [3.8, 4) is 5.75 Å². The number of alkyl carbamates (subject to hydrolysis) is 1. The van der Waals surface area contributed by atoms with E-state index in [9.17, 15) is 19.5 Å². The Kier molecular flexibility index (Phi) is 7.06. The number of amides is 2. The van der Waals surface area contributed by atoms with Crippen LogP contribution in [0.4, 0.5) is 4.79 Å². The van der Waals surface area contributed by atoms with Gasteiger partial charge in [0.15, 0.2) is 0 Å². The van der Waals surface area contributed by atoms with E-state index in [1.165, 1.54) is 11.3 Å². The van der Waals surface area contributed by atoms with Gasteiger partial charge in [-0.1, -0.05) is 36.4 Å². The quantitative estimate of drug-likeness (QED) is 0.336. The van der Waals surface area contributed by atoms with Gasteiger partial charge in [0, 0.05) is 29.9 Å². The Morgan fingerprint density at radius 3 is 2.33 bits per heavy atom. The molecule has 2 amide bonds. The number of nitrogens with zero attached hydrogens (tertiary/aromatic N) is 1. The fourth-order valence-corrected chi connectivity index (χ4v) is 8.63. The van der Waals surface area contributed by atoms with Gasteiger partial charge in [0.2, 0.25) is 5.91 Å². The highest BCUT2D eigenvalue weighted by molar-refractivity contribution is 5.94. The molecule has 1 aromatic heterocycles. The number of carbonyl (C=O) groups excluding carboxylic acids is 2. The number of carboxylic acid groups (broad SMARTS) is 1. The van der Waals surface area contributed by atoms with Gasteiger partial charge in [-0.25, -0.2) is 9.59 Å². The number of carboxylic acids is 1. The Morgan fingerprint density at radius 2 is 1.63 bits per heavy atom. The zero-order valence-corrected chi connectivity index (χ0v) is 24.4. The minimum Gasteiger partial charge on any atom is -0.488 e. The van der Waals surface area contributed by atoms with Crippen molar-refractivity contribution in [2.45, 2.75) is 75.7 Å². The second kappa shape index (κ2) is 10.9. The van der Waals surface area contributed by atoms with E-state index in [2.05, 4.69) is 10.3 Å². The molecular weight excluding hydrogens is 546 g/mol. The second-order valence-electron chi connectivity index (χ2n) is 13.4. The smallest absolute Gasteiger partial charge is 0.408 e. The molecule has 9 heteroatoms. The Balaban J connectivity index is 1.14. The van der Waals surface area contributed by atoms with Crippen LogP contribution in [-0.4, -0.2) is 63.3 Å². The fraction of sp³-hybridized carbons (Fsp3) is 0.500. The normalized spacial score (nSPS) is 30.6. The lowest BCUT2D eigenvalue weighted by molar-refractivity contribution is -0.151. The summed E-state index contributed by atoms with van der Waals surface area (Å²) in [4.78, 5) is 45.1. The van der Waals surface area contributed by atoms with E-state index in [1.54, 1.807) is 6.92 Å². The first-order chi connectivity index (χ1) is 20.8. The van der Waals surface area contributed by atoms with Crippen molar-refractivity contribution in [2.24, 2.45) is 23.7 Å². The summed E-state index contributed by atoms with van der Waals surface area (Å²) in [7, 11) is 0. The summed E-state index contributed by atoms with van der Waals surface area (Å²) in [5.41, 5.74) is 0.317. The summed E-state index contributed by atoms with van der Waals surface area (Å²) in [5.74, 6) is 1.29. The topological polar surface area (TPSA) is 121 Å². The molecule has 4 bridgehead atoms. The van der Waals surface area contributed by atoms with Crippen molar-refractivity contribution in [1.29, 1.82) is 0 Å². The molecule has 43 heavy (non-hydrogen) atoms. The number of aromatic nitrogens is 1. The highest BCUT2D eigenvalue weighted by Crippen LogP contribution is 2.54. The molecule has 1 aliphatic heterocycles. The van der Waals surface area contributed by atoms with Crippen molar-refractivity contribution in [2.75, 3.05) is 6.54 Å². The second-order valence-corrected chi connectivity index (χ2v) is 13.4. The van der Waals surface area contributed by atoms with Crippen LogP contribution in [-0.2, 0) is 20.7 Å². The first-order valence-electron chi connectivity index (χ1n) is 15.5. The Hall–Kier alpha value is -4.01. The number of ether oxygens (including phenoxy) is 2. The zero-order chi connectivity index (χ0) is 29.7. The Morgan fingerprint density at radius 1 is 0.953 bits per heavy atom. The molecule has 5 aliphatic rings. The van der Waals surface area contributed by atoms with Gasteiger partial charge in [-0.15, -0.1) is 0 Å². The molecule has 3 aromatic rings. The highest BCUT2D eigenvalue weighted by Gasteiger charge is 2.51. The van der Waals surface area contributed by atoms with Gasteiger partial charge in [-0.05, 0) is 86.5 Å². The third kappa shape index (κ3) is 5.34. The molecule has 3 N–H and O–H groups in total. The number of hydrogen-bond donors (Lipinski definition) is 3. The van der Waals surface area contributed by atoms with E-state index in [4.69, 9.17) is 9.47 Å². The van der Waals surface area contributed by atoms with E-state index in [-0.39, 0.29) is 25.5 Å². The standard InChI is InChI=1S/C34H39N3O6/c1-34(17-24-18-35-28-10-6-5-9-27(24)28,36-33(41)43-30-22-12-20-11-21(14-22)15-23(30)13-20)32(40)37-19-26(16-29(37)31(38)39)42-25-7-3-2-4-8-25/h2-10,18,20-23,26,29-30,35H,11-17,19H2,1H3,(H,36,41)(H,38,39)/t20?,21?,22?,23?,26-,29-,30?,34+/m0/s1. The van der Waals surface area contributed by atoms with Gasteiger partial charge in [0.1, 0.15) is 29.5 Å². The number of aromatic amines is 1. The van der Waals surface area contributed by atoms with E-state index in [0.717, 1.165) is 54.0 Å². The number of carbonyl (C=O) groups is 3. The predicted molar refractivity (Wildman–Crippen MR) is 159 cm³/mol. The first kappa shape index (κ1) is 27.8. The summed E-state index contributed by atoms with van der Waals surface area (Å²) in [5, 5.41) is 14.0. The number of rotatable bonds is 8. The SMILES string of the molecule is C[C@](Cc1c[nH]c2ccccc12)(NC(=O)OC1C2CC3CC(C2)CC1C3)C(=O)N1C[C@@H](Oc2ccccc2)C[C@H]1C(=O)O. The van der Waals surface area contributed by atoms with Crippen molar-refractivity contribution < 1.29 is 29.0 Å². The molecule has 0 unspecified atom stereocenters. The molecule has 4 saturated carbocycles. The third-order valence-electron chi connectivity index (χ3n) is 10.3. The van der Waals surface area contributed by atoms with Crippen molar-refractivity contribution in [3.05, 3.63) is 66.4 Å². The monoisotopic (exact) mass is 585 g/mol. The van der Waals surface area contributed by atoms with Crippen LogP contribution in [0.2, 0.25) is 0 Å². The molecule has 0 radical (unpaired) electrons. The molecular formula is C34H39N3O6. The van der Waals surface area contributed by atoms with Gasteiger partial charge >= 0.3 is 12.1 Å². The molecule has 4 aliphatic carbocycles. The number of nitrogens with one attached hydrogen (secondary N) is 2. The average molecular weight is 586 g/mol. The van der Waals surface area contributed by atoms with Crippen LogP contribution in [0, 0.1) is 23.7 Å². The number of hydrogen-bond acceptors (Lipinski definition) is 5. The number of H-pyrrole nitrogens is 1. The number of likely N-dealkylation sites (tertiary alicyclic amines) is 1. The minimum atomic E-state index is -1.46. The number of para-hydroxylation sites is 2. The molecule has 5 fully saturated rings. The first-order valence-corrected chi connectivity index (χ1v) is 15.5. The summed E-state index contributed by atoms with van der Waals surface area (Å²) in [6, 6.07) is 15.9. The number of benzene rings is 2. The molecule has 1 saturated heterocycles. The van der Waals surface area contributed by atoms with Crippen LogP contribution in [0.1, 0.15) is 51.0 Å². The molecule has 2 heterocycles. The maximum Gasteiger partial charge on any atom is 0.408 e. The average Bonchev–Trinajstić information content (AvgIpc) is 3.59. The fourth-order valence-electron chi connectivity index (χ4n) is 8.63. The summed E-state index contributed by atoms with van der Waals surface area (Å²) in [6.07, 6.45) is 6.64. The van der Waals surface area contributed by atoms with E-state index < -0.39 is 35.7 Å². The molecule has 8 rings (SSSR count). The molecule has 0 spiro atoms. The molecule has 2 aromatic carbocycles. The summed E-state index contributed by atoms with van der Waals surface area (Å²) in [6.45, 7) is 1.78. The minimum absolute atomic E-state index is 0.0977. The van der Waals surface area contributed by atoms with E-state index in [0.29, 0.717) is 17.6 Å². The van der Waals surface area contributed by atoms with Crippen LogP contribution < -0.4 is 10.1 Å². The lowest BCUT2D eigenvalue weighted by Crippen LogP contribution is -2.61. The van der Waals surface area contributed by atoms with Crippen LogP contribution in [0.25, 0.3) is 10.9 Å². The van der Waals surface area contributed by atoms with Gasteiger partial charge in [0.25, 0.3) is 0 Å². The predicted octanol–water partition coefficient (Wildman–Crippen LogP) is 5.15. The largest absolute Gasteiger partial charge is 0.488 e. The van der Waals surface area contributed by atoms with Gasteiger partial charge in [-0.3, -0.25) is 4.79 Å². The number of aliphatic carboxylic acids is 1. The molecule has 3 atom stereocenters. The highest BCUT2D eigenvalue weighted by atomic mass is 16.6. The number of fused-ring (bicyclic) bond motifs is 1. The maximum atomic E-state index is 14.4. The van der Waals surface area contributed by atoms with Gasteiger partial charge in [-0.2, -0.15) is 0 Å². The Bertz CT molecular complexity index is 1490.